The van der Waals surface area contributed by atoms with Crippen LogP contribution in [0.1, 0.15) is 22.8 Å². The molecule has 0 bridgehead atoms. The van der Waals surface area contributed by atoms with Crippen LogP contribution in [0.2, 0.25) is 10.0 Å². The van der Waals surface area contributed by atoms with Crippen molar-refractivity contribution in [3.63, 3.8) is 0 Å². The van der Waals surface area contributed by atoms with Crippen LogP contribution in [0.25, 0.3) is 0 Å². The van der Waals surface area contributed by atoms with Gasteiger partial charge >= 0.3 is 17.8 Å². The third-order valence-electron chi connectivity index (χ3n) is 4.14. The fraction of sp³-hybridized carbons (Fsp3) is 0.0435. The molecule has 0 heterocycles. The Labute approximate surface area is 194 Å². The number of hydrazone groups is 1. The Kier molecular flexibility index (Phi) is 7.59. The highest BCUT2D eigenvalue weighted by molar-refractivity contribution is 6.40. The second-order valence-corrected chi connectivity index (χ2v) is 7.37. The number of benzene rings is 3. The molecule has 0 aliphatic heterocycles. The Morgan fingerprint density at radius 2 is 1.47 bits per heavy atom. The van der Waals surface area contributed by atoms with E-state index in [2.05, 4.69) is 15.8 Å². The van der Waals surface area contributed by atoms with Gasteiger partial charge in [-0.15, -0.1) is 0 Å². The summed E-state index contributed by atoms with van der Waals surface area (Å²) in [6.07, 6.45) is 0. The third kappa shape index (κ3) is 6.16. The first-order chi connectivity index (χ1) is 15.3. The molecule has 3 aromatic rings. The summed E-state index contributed by atoms with van der Waals surface area (Å²) in [6.45, 7) is 1.60. The van der Waals surface area contributed by atoms with Crippen molar-refractivity contribution in [3.8, 4) is 5.75 Å². The number of ether oxygens (including phenoxy) is 1. The Balaban J connectivity index is 1.68. The van der Waals surface area contributed by atoms with Gasteiger partial charge in [-0.05, 0) is 49.4 Å². The van der Waals surface area contributed by atoms with Crippen molar-refractivity contribution in [1.82, 2.24) is 5.43 Å². The molecule has 0 radical (unpaired) electrons. The van der Waals surface area contributed by atoms with Gasteiger partial charge in [0.2, 0.25) is 0 Å². The first-order valence-electron chi connectivity index (χ1n) is 9.32. The van der Waals surface area contributed by atoms with Gasteiger partial charge in [0.25, 0.3) is 0 Å². The zero-order valence-electron chi connectivity index (χ0n) is 16.8. The lowest BCUT2D eigenvalue weighted by Crippen LogP contribution is -2.33. The van der Waals surface area contributed by atoms with Crippen LogP contribution >= 0.6 is 23.2 Å². The monoisotopic (exact) mass is 469 g/mol. The molecule has 0 unspecified atom stereocenters. The molecular formula is C23H17Cl2N3O4. The van der Waals surface area contributed by atoms with Crippen LogP contribution in [-0.2, 0) is 9.59 Å². The molecule has 0 atom stereocenters. The SMILES string of the molecule is CC(=NNC(=O)C(=O)Nc1cc(Cl)cc(Cl)c1)c1ccccc1OC(=O)c1ccccc1. The Morgan fingerprint density at radius 1 is 0.844 bits per heavy atom. The highest BCUT2D eigenvalue weighted by Gasteiger charge is 2.16. The van der Waals surface area contributed by atoms with E-state index >= 15 is 0 Å². The number of rotatable bonds is 5. The molecule has 2 N–H and O–H groups in total. The molecule has 0 saturated carbocycles. The second-order valence-electron chi connectivity index (χ2n) is 6.50. The van der Waals surface area contributed by atoms with Gasteiger partial charge in [-0.25, -0.2) is 10.2 Å². The molecular weight excluding hydrogens is 453 g/mol. The van der Waals surface area contributed by atoms with Crippen LogP contribution in [0, 0.1) is 0 Å². The minimum absolute atomic E-state index is 0.259. The predicted molar refractivity (Wildman–Crippen MR) is 123 cm³/mol. The number of para-hydroxylation sites is 1. The van der Waals surface area contributed by atoms with Gasteiger partial charge in [0.15, 0.2) is 0 Å². The van der Waals surface area contributed by atoms with Gasteiger partial charge in [-0.2, -0.15) is 5.10 Å². The van der Waals surface area contributed by atoms with E-state index in [0.29, 0.717) is 26.9 Å². The van der Waals surface area contributed by atoms with Crippen LogP contribution in [-0.4, -0.2) is 23.5 Å². The molecule has 0 aliphatic carbocycles. The lowest BCUT2D eigenvalue weighted by atomic mass is 10.1. The molecule has 2 amide bonds. The van der Waals surface area contributed by atoms with E-state index in [9.17, 15) is 14.4 Å². The van der Waals surface area contributed by atoms with E-state index in [1.807, 2.05) is 0 Å². The van der Waals surface area contributed by atoms with Crippen LogP contribution in [0.15, 0.2) is 77.9 Å². The summed E-state index contributed by atoms with van der Waals surface area (Å²) in [5.41, 5.74) is 3.63. The highest BCUT2D eigenvalue weighted by Crippen LogP contribution is 2.22. The standard InChI is InChI=1S/C23H17Cl2N3O4/c1-14(27-28-22(30)21(29)26-18-12-16(24)11-17(25)13-18)19-9-5-6-10-20(19)32-23(31)15-7-3-2-4-8-15/h2-13H,1H3,(H,26,29)(H,28,30). The van der Waals surface area contributed by atoms with Gasteiger partial charge in [0.1, 0.15) is 5.75 Å². The second kappa shape index (κ2) is 10.6. The summed E-state index contributed by atoms with van der Waals surface area (Å²) in [5.74, 6) is -2.23. The Morgan fingerprint density at radius 3 is 2.16 bits per heavy atom. The number of amides is 2. The largest absolute Gasteiger partial charge is 0.422 e. The quantitative estimate of drug-likeness (QED) is 0.186. The predicted octanol–water partition coefficient (Wildman–Crippen LogP) is 4.69. The number of carbonyl (C=O) groups excluding carboxylic acids is 3. The van der Waals surface area contributed by atoms with Crippen LogP contribution in [0.5, 0.6) is 5.75 Å². The number of halogens is 2. The maximum atomic E-state index is 12.4. The average Bonchev–Trinajstić information content (AvgIpc) is 2.77. The smallest absolute Gasteiger partial charge is 0.343 e. The summed E-state index contributed by atoms with van der Waals surface area (Å²) >= 11 is 11.8. The molecule has 0 aliphatic rings. The molecule has 3 rings (SSSR count). The van der Waals surface area contributed by atoms with Crippen molar-refractivity contribution >= 4 is 52.4 Å². The van der Waals surface area contributed by atoms with E-state index in [1.165, 1.54) is 18.2 Å². The van der Waals surface area contributed by atoms with Crippen molar-refractivity contribution < 1.29 is 19.1 Å². The van der Waals surface area contributed by atoms with Gasteiger partial charge in [-0.3, -0.25) is 9.59 Å². The molecule has 0 spiro atoms. The van der Waals surface area contributed by atoms with E-state index in [-0.39, 0.29) is 11.4 Å². The number of anilines is 1. The molecule has 0 saturated heterocycles. The van der Waals surface area contributed by atoms with E-state index in [0.717, 1.165) is 0 Å². The molecule has 3 aromatic carbocycles. The van der Waals surface area contributed by atoms with Gasteiger partial charge in [0, 0.05) is 21.3 Å². The zero-order chi connectivity index (χ0) is 23.1. The number of nitrogens with one attached hydrogen (secondary N) is 2. The van der Waals surface area contributed by atoms with Gasteiger partial charge in [0.05, 0.1) is 11.3 Å². The minimum Gasteiger partial charge on any atom is -0.422 e. The van der Waals surface area contributed by atoms with Crippen molar-refractivity contribution in [2.75, 3.05) is 5.32 Å². The number of esters is 1. The van der Waals surface area contributed by atoms with E-state index in [4.69, 9.17) is 27.9 Å². The number of nitrogens with zero attached hydrogens (tertiary/aromatic N) is 1. The fourth-order valence-electron chi connectivity index (χ4n) is 2.65. The summed E-state index contributed by atoms with van der Waals surface area (Å²) in [4.78, 5) is 36.6. The molecule has 162 valence electrons. The van der Waals surface area contributed by atoms with Crippen LogP contribution in [0.4, 0.5) is 5.69 Å². The van der Waals surface area contributed by atoms with Crippen LogP contribution in [0.3, 0.4) is 0 Å². The Bertz CT molecular complexity index is 1180. The fourth-order valence-corrected chi connectivity index (χ4v) is 3.17. The maximum absolute atomic E-state index is 12.4. The summed E-state index contributed by atoms with van der Waals surface area (Å²) in [6, 6.07) is 19.6. The first kappa shape index (κ1) is 23.0. The maximum Gasteiger partial charge on any atom is 0.343 e. The number of hydrogen-bond donors (Lipinski definition) is 2. The molecule has 0 fully saturated rings. The first-order valence-corrected chi connectivity index (χ1v) is 10.1. The highest BCUT2D eigenvalue weighted by atomic mass is 35.5. The third-order valence-corrected chi connectivity index (χ3v) is 4.58. The van der Waals surface area contributed by atoms with Crippen molar-refractivity contribution in [1.29, 1.82) is 0 Å². The van der Waals surface area contributed by atoms with Crippen molar-refractivity contribution in [2.45, 2.75) is 6.92 Å². The van der Waals surface area contributed by atoms with E-state index in [1.54, 1.807) is 61.5 Å². The normalized spacial score (nSPS) is 10.9. The average molecular weight is 470 g/mol. The number of hydrogen-bond acceptors (Lipinski definition) is 5. The summed E-state index contributed by atoms with van der Waals surface area (Å²) in [5, 5.41) is 6.95. The zero-order valence-corrected chi connectivity index (χ0v) is 18.3. The number of carbonyl (C=O) groups is 3. The molecule has 0 aromatic heterocycles. The topological polar surface area (TPSA) is 96.9 Å². The summed E-state index contributed by atoms with van der Waals surface area (Å²) in [7, 11) is 0. The van der Waals surface area contributed by atoms with Crippen molar-refractivity contribution in [2.24, 2.45) is 5.10 Å². The Hall–Kier alpha value is -3.68. The molecule has 9 heteroatoms. The molecule has 32 heavy (non-hydrogen) atoms. The van der Waals surface area contributed by atoms with Gasteiger partial charge in [-0.1, -0.05) is 53.5 Å². The van der Waals surface area contributed by atoms with E-state index < -0.39 is 17.8 Å². The minimum atomic E-state index is -1.00. The van der Waals surface area contributed by atoms with Crippen molar-refractivity contribution in [3.05, 3.63) is 94.0 Å². The lowest BCUT2D eigenvalue weighted by molar-refractivity contribution is -0.136. The summed E-state index contributed by atoms with van der Waals surface area (Å²) < 4.78 is 5.47. The van der Waals surface area contributed by atoms with Gasteiger partial charge < -0.3 is 10.1 Å². The molecule has 7 nitrogen and oxygen atoms in total. The lowest BCUT2D eigenvalue weighted by Gasteiger charge is -2.10. The van der Waals surface area contributed by atoms with Crippen LogP contribution < -0.4 is 15.5 Å².